The molecule has 5 nitrogen and oxygen atoms in total. The molecule has 5 heteroatoms. The Hall–Kier alpha value is -3.13. The van der Waals surface area contributed by atoms with Gasteiger partial charge >= 0.3 is 0 Å². The second-order valence-electron chi connectivity index (χ2n) is 5.46. The Bertz CT molecular complexity index is 778. The van der Waals surface area contributed by atoms with Crippen molar-refractivity contribution < 1.29 is 9.59 Å². The Morgan fingerprint density at radius 2 is 1.88 bits per heavy atom. The van der Waals surface area contributed by atoms with Crippen molar-refractivity contribution in [2.24, 2.45) is 0 Å². The fourth-order valence-electron chi connectivity index (χ4n) is 2.28. The predicted molar refractivity (Wildman–Crippen MR) is 92.0 cm³/mol. The summed E-state index contributed by atoms with van der Waals surface area (Å²) < 4.78 is 0. The van der Waals surface area contributed by atoms with Crippen LogP contribution in [0, 0.1) is 18.3 Å². The maximum atomic E-state index is 12.2. The molecule has 0 aliphatic rings. The fraction of sp³-hybridized carbons (Fsp3) is 0.211. The molecule has 0 aliphatic carbocycles. The molecule has 0 atom stereocenters. The van der Waals surface area contributed by atoms with E-state index < -0.39 is 0 Å². The average molecular weight is 321 g/mol. The van der Waals surface area contributed by atoms with Gasteiger partial charge < -0.3 is 10.6 Å². The zero-order valence-electron chi connectivity index (χ0n) is 13.5. The van der Waals surface area contributed by atoms with Crippen LogP contribution in [0.15, 0.2) is 48.5 Å². The highest BCUT2D eigenvalue weighted by Crippen LogP contribution is 2.13. The maximum Gasteiger partial charge on any atom is 0.234 e. The molecule has 24 heavy (non-hydrogen) atoms. The van der Waals surface area contributed by atoms with Gasteiger partial charge in [-0.2, -0.15) is 5.26 Å². The van der Waals surface area contributed by atoms with Crippen LogP contribution in [0.5, 0.6) is 0 Å². The van der Waals surface area contributed by atoms with Crippen molar-refractivity contribution in [1.29, 1.82) is 5.26 Å². The molecule has 2 aromatic carbocycles. The second kappa shape index (κ2) is 8.49. The lowest BCUT2D eigenvalue weighted by molar-refractivity contribution is -0.120. The Kier molecular flexibility index (Phi) is 6.09. The van der Waals surface area contributed by atoms with Crippen LogP contribution in [-0.2, 0) is 22.6 Å². The molecule has 0 heterocycles. The third kappa shape index (κ3) is 5.25. The number of nitrogens with one attached hydrogen (secondary N) is 2. The van der Waals surface area contributed by atoms with E-state index in [0.717, 1.165) is 16.7 Å². The molecular formula is C19H19N3O2. The summed E-state index contributed by atoms with van der Waals surface area (Å²) in [6.07, 6.45) is 0.155. The third-order valence-electron chi connectivity index (χ3n) is 3.55. The van der Waals surface area contributed by atoms with E-state index in [2.05, 4.69) is 10.6 Å². The second-order valence-corrected chi connectivity index (χ2v) is 5.46. The Morgan fingerprint density at radius 1 is 1.08 bits per heavy atom. The zero-order valence-corrected chi connectivity index (χ0v) is 13.5. The van der Waals surface area contributed by atoms with Crippen LogP contribution < -0.4 is 10.6 Å². The smallest absolute Gasteiger partial charge is 0.234 e. The van der Waals surface area contributed by atoms with E-state index in [-0.39, 0.29) is 18.2 Å². The van der Waals surface area contributed by atoms with Gasteiger partial charge in [0.15, 0.2) is 0 Å². The first-order valence-corrected chi connectivity index (χ1v) is 7.65. The minimum atomic E-state index is -0.313. The first-order chi connectivity index (χ1) is 11.6. The first kappa shape index (κ1) is 17.2. The van der Waals surface area contributed by atoms with Gasteiger partial charge in [0.1, 0.15) is 6.42 Å². The number of benzene rings is 2. The van der Waals surface area contributed by atoms with Crippen LogP contribution >= 0.6 is 0 Å². The van der Waals surface area contributed by atoms with Crippen LogP contribution in [-0.4, -0.2) is 11.8 Å². The molecule has 0 radical (unpaired) electrons. The number of amides is 2. The SMILES string of the molecule is Cc1ccccc1CC(=O)Nc1cccc(CNC(=O)CC#N)c1. The summed E-state index contributed by atoms with van der Waals surface area (Å²) in [4.78, 5) is 23.5. The highest BCUT2D eigenvalue weighted by atomic mass is 16.2. The molecule has 2 aromatic rings. The molecule has 2 rings (SSSR count). The highest BCUT2D eigenvalue weighted by Gasteiger charge is 2.07. The highest BCUT2D eigenvalue weighted by molar-refractivity contribution is 5.92. The number of aryl methyl sites for hydroxylation is 1. The van der Waals surface area contributed by atoms with Crippen LogP contribution in [0.2, 0.25) is 0 Å². The molecule has 0 fully saturated rings. The topological polar surface area (TPSA) is 82.0 Å². The molecule has 0 bridgehead atoms. The van der Waals surface area contributed by atoms with Crippen molar-refractivity contribution in [3.05, 3.63) is 65.2 Å². The summed E-state index contributed by atoms with van der Waals surface area (Å²) in [5.41, 5.74) is 3.62. The van der Waals surface area contributed by atoms with E-state index in [0.29, 0.717) is 18.7 Å². The molecule has 0 aromatic heterocycles. The van der Waals surface area contributed by atoms with Gasteiger partial charge in [0, 0.05) is 12.2 Å². The maximum absolute atomic E-state index is 12.2. The standard InChI is InChI=1S/C19H19N3O2/c1-14-5-2-3-7-16(14)12-19(24)22-17-8-4-6-15(11-17)13-21-18(23)9-10-20/h2-8,11H,9,12-13H2,1H3,(H,21,23)(H,22,24). The van der Waals surface area contributed by atoms with Crippen molar-refractivity contribution in [3.63, 3.8) is 0 Å². The molecule has 122 valence electrons. The average Bonchev–Trinajstić information content (AvgIpc) is 2.56. The number of carbonyl (C=O) groups is 2. The summed E-state index contributed by atoms with van der Waals surface area (Å²) in [5, 5.41) is 14.0. The Morgan fingerprint density at radius 3 is 2.62 bits per heavy atom. The predicted octanol–water partition coefficient (Wildman–Crippen LogP) is 2.71. The zero-order chi connectivity index (χ0) is 17.4. The van der Waals surface area contributed by atoms with Gasteiger partial charge in [-0.1, -0.05) is 36.4 Å². The molecule has 0 saturated carbocycles. The van der Waals surface area contributed by atoms with Crippen molar-refractivity contribution >= 4 is 17.5 Å². The first-order valence-electron chi connectivity index (χ1n) is 7.65. The fourth-order valence-corrected chi connectivity index (χ4v) is 2.28. The minimum Gasteiger partial charge on any atom is -0.351 e. The molecule has 2 N–H and O–H groups in total. The number of hydrogen-bond donors (Lipinski definition) is 2. The van der Waals surface area contributed by atoms with Gasteiger partial charge in [0.05, 0.1) is 12.5 Å². The summed E-state index contributed by atoms with van der Waals surface area (Å²) in [5.74, 6) is -0.401. The van der Waals surface area contributed by atoms with E-state index in [9.17, 15) is 9.59 Å². The quantitative estimate of drug-likeness (QED) is 0.858. The van der Waals surface area contributed by atoms with Crippen LogP contribution in [0.3, 0.4) is 0 Å². The molecule has 0 saturated heterocycles. The Labute approximate surface area is 141 Å². The van der Waals surface area contributed by atoms with Gasteiger partial charge in [-0.25, -0.2) is 0 Å². The number of nitrogens with zero attached hydrogens (tertiary/aromatic N) is 1. The number of carbonyl (C=O) groups excluding carboxylic acids is 2. The van der Waals surface area contributed by atoms with E-state index >= 15 is 0 Å². The minimum absolute atomic E-state index is 0.0880. The molecule has 0 spiro atoms. The lowest BCUT2D eigenvalue weighted by Crippen LogP contribution is -2.22. The van der Waals surface area contributed by atoms with Gasteiger partial charge in [-0.05, 0) is 35.7 Å². The van der Waals surface area contributed by atoms with Crippen molar-refractivity contribution in [3.8, 4) is 6.07 Å². The molecule has 0 unspecified atom stereocenters. The van der Waals surface area contributed by atoms with Crippen molar-refractivity contribution in [1.82, 2.24) is 5.32 Å². The van der Waals surface area contributed by atoms with Crippen LogP contribution in [0.1, 0.15) is 23.1 Å². The lowest BCUT2D eigenvalue weighted by atomic mass is 10.1. The van der Waals surface area contributed by atoms with Gasteiger partial charge in [-0.3, -0.25) is 9.59 Å². The molecule has 0 aliphatic heterocycles. The molecular weight excluding hydrogens is 302 g/mol. The van der Waals surface area contributed by atoms with Gasteiger partial charge in [-0.15, -0.1) is 0 Å². The number of hydrogen-bond acceptors (Lipinski definition) is 3. The van der Waals surface area contributed by atoms with Gasteiger partial charge in [0.25, 0.3) is 0 Å². The van der Waals surface area contributed by atoms with Gasteiger partial charge in [0.2, 0.25) is 11.8 Å². The Balaban J connectivity index is 1.94. The van der Waals surface area contributed by atoms with Crippen molar-refractivity contribution in [2.45, 2.75) is 26.3 Å². The van der Waals surface area contributed by atoms with Crippen LogP contribution in [0.25, 0.3) is 0 Å². The summed E-state index contributed by atoms with van der Waals surface area (Å²) in [6, 6.07) is 16.9. The number of rotatable bonds is 6. The number of nitriles is 1. The summed E-state index contributed by atoms with van der Waals surface area (Å²) >= 11 is 0. The summed E-state index contributed by atoms with van der Waals surface area (Å²) in [6.45, 7) is 2.30. The monoisotopic (exact) mass is 321 g/mol. The third-order valence-corrected chi connectivity index (χ3v) is 3.55. The van der Waals surface area contributed by atoms with E-state index in [1.807, 2.05) is 49.4 Å². The van der Waals surface area contributed by atoms with E-state index in [1.54, 1.807) is 12.1 Å². The van der Waals surface area contributed by atoms with Crippen LogP contribution in [0.4, 0.5) is 5.69 Å². The summed E-state index contributed by atoms with van der Waals surface area (Å²) in [7, 11) is 0. The number of anilines is 1. The van der Waals surface area contributed by atoms with E-state index in [1.165, 1.54) is 0 Å². The van der Waals surface area contributed by atoms with Crippen molar-refractivity contribution in [2.75, 3.05) is 5.32 Å². The normalized spacial score (nSPS) is 9.83. The lowest BCUT2D eigenvalue weighted by Gasteiger charge is -2.09. The molecule has 2 amide bonds. The van der Waals surface area contributed by atoms with E-state index in [4.69, 9.17) is 5.26 Å². The largest absolute Gasteiger partial charge is 0.351 e.